The topological polar surface area (TPSA) is 12.9 Å². The SMILES string of the molecule is Cc1c(CCl)cc(C(F)F)nc1Cl. The summed E-state index contributed by atoms with van der Waals surface area (Å²) in [6.07, 6.45) is -2.61. The van der Waals surface area contributed by atoms with Gasteiger partial charge in [0.1, 0.15) is 10.8 Å². The van der Waals surface area contributed by atoms with Gasteiger partial charge in [-0.1, -0.05) is 11.6 Å². The molecule has 0 saturated carbocycles. The highest BCUT2D eigenvalue weighted by atomic mass is 35.5. The van der Waals surface area contributed by atoms with E-state index in [1.807, 2.05) is 0 Å². The quantitative estimate of drug-likeness (QED) is 0.553. The lowest BCUT2D eigenvalue weighted by molar-refractivity contribution is 0.146. The molecule has 0 aromatic carbocycles. The van der Waals surface area contributed by atoms with Crippen molar-refractivity contribution in [3.8, 4) is 0 Å². The Kier molecular flexibility index (Phi) is 3.45. The van der Waals surface area contributed by atoms with Crippen LogP contribution in [0.15, 0.2) is 6.07 Å². The highest BCUT2D eigenvalue weighted by molar-refractivity contribution is 6.30. The molecule has 1 heterocycles. The minimum atomic E-state index is -2.61. The molecule has 0 fully saturated rings. The first kappa shape index (κ1) is 10.7. The molecule has 0 amide bonds. The molecule has 0 spiro atoms. The molecule has 0 aliphatic carbocycles. The number of aromatic nitrogens is 1. The van der Waals surface area contributed by atoms with Crippen LogP contribution in [0.5, 0.6) is 0 Å². The minimum absolute atomic E-state index is 0.0912. The zero-order valence-electron chi connectivity index (χ0n) is 6.82. The molecule has 1 aromatic heterocycles. The van der Waals surface area contributed by atoms with E-state index in [0.29, 0.717) is 11.1 Å². The third kappa shape index (κ3) is 2.29. The molecule has 0 N–H and O–H groups in total. The van der Waals surface area contributed by atoms with Gasteiger partial charge in [-0.15, -0.1) is 11.6 Å². The van der Waals surface area contributed by atoms with E-state index < -0.39 is 6.43 Å². The van der Waals surface area contributed by atoms with Crippen molar-refractivity contribution < 1.29 is 8.78 Å². The second-order valence-corrected chi connectivity index (χ2v) is 3.18. The molecular weight excluding hydrogens is 219 g/mol. The van der Waals surface area contributed by atoms with E-state index in [1.54, 1.807) is 6.92 Å². The Hall–Kier alpha value is -0.410. The molecule has 0 saturated heterocycles. The number of hydrogen-bond donors (Lipinski definition) is 0. The summed E-state index contributed by atoms with van der Waals surface area (Å²) in [5.74, 6) is 0.161. The van der Waals surface area contributed by atoms with Crippen molar-refractivity contribution in [3.05, 3.63) is 28.0 Å². The molecule has 1 nitrogen and oxygen atoms in total. The predicted molar refractivity (Wildman–Crippen MR) is 48.5 cm³/mol. The van der Waals surface area contributed by atoms with Gasteiger partial charge in [-0.3, -0.25) is 0 Å². The molecule has 1 aromatic rings. The Labute approximate surface area is 84.7 Å². The number of halogens is 4. The molecule has 0 aliphatic rings. The average Bonchev–Trinajstić information content (AvgIpc) is 2.09. The molecule has 0 atom stereocenters. The first-order valence-electron chi connectivity index (χ1n) is 3.56. The maximum Gasteiger partial charge on any atom is 0.280 e. The van der Waals surface area contributed by atoms with Crippen LogP contribution in [0.3, 0.4) is 0 Å². The van der Waals surface area contributed by atoms with E-state index in [4.69, 9.17) is 23.2 Å². The highest BCUT2D eigenvalue weighted by Gasteiger charge is 2.13. The number of pyridine rings is 1. The van der Waals surface area contributed by atoms with Gasteiger partial charge < -0.3 is 0 Å². The fourth-order valence-corrected chi connectivity index (χ4v) is 1.40. The zero-order valence-corrected chi connectivity index (χ0v) is 8.33. The third-order valence-electron chi connectivity index (χ3n) is 1.71. The van der Waals surface area contributed by atoms with Crippen molar-refractivity contribution in [2.24, 2.45) is 0 Å². The summed E-state index contributed by atoms with van der Waals surface area (Å²) in [4.78, 5) is 3.54. The van der Waals surface area contributed by atoms with Crippen molar-refractivity contribution in [2.75, 3.05) is 0 Å². The number of alkyl halides is 3. The summed E-state index contributed by atoms with van der Waals surface area (Å²) in [7, 11) is 0. The second kappa shape index (κ2) is 4.20. The maximum absolute atomic E-state index is 12.2. The standard InChI is InChI=1S/C8H7Cl2F2N/c1-4-5(3-9)2-6(8(11)12)13-7(4)10/h2,8H,3H2,1H3. The number of hydrogen-bond acceptors (Lipinski definition) is 1. The van der Waals surface area contributed by atoms with E-state index in [-0.39, 0.29) is 16.7 Å². The molecule has 5 heteroatoms. The lowest BCUT2D eigenvalue weighted by atomic mass is 10.1. The predicted octanol–water partition coefficient (Wildman–Crippen LogP) is 3.72. The summed E-state index contributed by atoms with van der Waals surface area (Å²) in [5, 5.41) is 0.0912. The first-order valence-corrected chi connectivity index (χ1v) is 4.47. The molecule has 0 bridgehead atoms. The monoisotopic (exact) mass is 225 g/mol. The van der Waals surface area contributed by atoms with Crippen LogP contribution in [0.4, 0.5) is 8.78 Å². The lowest BCUT2D eigenvalue weighted by Crippen LogP contribution is -1.96. The van der Waals surface area contributed by atoms with Crippen LogP contribution in [0, 0.1) is 6.92 Å². The van der Waals surface area contributed by atoms with Gasteiger partial charge in [0.05, 0.1) is 0 Å². The van der Waals surface area contributed by atoms with Crippen LogP contribution in [-0.2, 0) is 5.88 Å². The maximum atomic E-state index is 12.2. The van der Waals surface area contributed by atoms with Crippen molar-refractivity contribution in [1.82, 2.24) is 4.98 Å². The smallest absolute Gasteiger partial charge is 0.235 e. The highest BCUT2D eigenvalue weighted by Crippen LogP contribution is 2.25. The third-order valence-corrected chi connectivity index (χ3v) is 2.36. The largest absolute Gasteiger partial charge is 0.280 e. The minimum Gasteiger partial charge on any atom is -0.235 e. The van der Waals surface area contributed by atoms with Crippen molar-refractivity contribution in [2.45, 2.75) is 19.2 Å². The van der Waals surface area contributed by atoms with Gasteiger partial charge in [0.25, 0.3) is 6.43 Å². The average molecular weight is 226 g/mol. The first-order chi connectivity index (χ1) is 6.06. The van der Waals surface area contributed by atoms with Crippen molar-refractivity contribution in [3.63, 3.8) is 0 Å². The molecule has 1 rings (SSSR count). The van der Waals surface area contributed by atoms with Gasteiger partial charge in [-0.05, 0) is 24.1 Å². The van der Waals surface area contributed by atoms with Gasteiger partial charge in [-0.2, -0.15) is 0 Å². The Morgan fingerprint density at radius 3 is 2.62 bits per heavy atom. The summed E-state index contributed by atoms with van der Waals surface area (Å²) < 4.78 is 24.5. The van der Waals surface area contributed by atoms with Crippen LogP contribution in [0.25, 0.3) is 0 Å². The summed E-state index contributed by atoms with van der Waals surface area (Å²) >= 11 is 11.2. The van der Waals surface area contributed by atoms with E-state index in [9.17, 15) is 8.78 Å². The zero-order chi connectivity index (χ0) is 10.0. The molecular formula is C8H7Cl2F2N. The molecule has 0 aliphatic heterocycles. The fourth-order valence-electron chi connectivity index (χ4n) is 0.899. The second-order valence-electron chi connectivity index (χ2n) is 2.56. The van der Waals surface area contributed by atoms with Gasteiger partial charge in [0, 0.05) is 5.88 Å². The lowest BCUT2D eigenvalue weighted by Gasteiger charge is -2.06. The number of nitrogens with zero attached hydrogens (tertiary/aromatic N) is 1. The Bertz CT molecular complexity index is 315. The summed E-state index contributed by atoms with van der Waals surface area (Å²) in [6, 6.07) is 1.28. The van der Waals surface area contributed by atoms with Crippen molar-refractivity contribution in [1.29, 1.82) is 0 Å². The normalized spacial score (nSPS) is 10.9. The molecule has 13 heavy (non-hydrogen) atoms. The van der Waals surface area contributed by atoms with Gasteiger partial charge in [-0.25, -0.2) is 13.8 Å². The van der Waals surface area contributed by atoms with Crippen LogP contribution in [-0.4, -0.2) is 4.98 Å². The summed E-state index contributed by atoms with van der Waals surface area (Å²) in [5.41, 5.74) is 0.921. The van der Waals surface area contributed by atoms with Crippen LogP contribution >= 0.6 is 23.2 Å². The Morgan fingerprint density at radius 1 is 1.54 bits per heavy atom. The van der Waals surface area contributed by atoms with Gasteiger partial charge in [0.2, 0.25) is 0 Å². The van der Waals surface area contributed by atoms with E-state index in [2.05, 4.69) is 4.98 Å². The fraction of sp³-hybridized carbons (Fsp3) is 0.375. The number of rotatable bonds is 2. The van der Waals surface area contributed by atoms with E-state index in [0.717, 1.165) is 0 Å². The van der Waals surface area contributed by atoms with Crippen LogP contribution in [0.1, 0.15) is 23.2 Å². The van der Waals surface area contributed by atoms with Crippen LogP contribution in [0.2, 0.25) is 5.15 Å². The van der Waals surface area contributed by atoms with Gasteiger partial charge >= 0.3 is 0 Å². The summed E-state index contributed by atoms with van der Waals surface area (Å²) in [6.45, 7) is 1.70. The molecule has 0 radical (unpaired) electrons. The van der Waals surface area contributed by atoms with E-state index >= 15 is 0 Å². The van der Waals surface area contributed by atoms with E-state index in [1.165, 1.54) is 6.07 Å². The Balaban J connectivity index is 3.22. The Morgan fingerprint density at radius 2 is 2.15 bits per heavy atom. The molecule has 72 valence electrons. The van der Waals surface area contributed by atoms with Gasteiger partial charge in [0.15, 0.2) is 0 Å². The molecule has 0 unspecified atom stereocenters. The van der Waals surface area contributed by atoms with Crippen LogP contribution < -0.4 is 0 Å². The van der Waals surface area contributed by atoms with Crippen molar-refractivity contribution >= 4 is 23.2 Å².